The quantitative estimate of drug-likeness (QED) is 0.473. The molecule has 0 aliphatic rings. The van der Waals surface area contributed by atoms with Crippen molar-refractivity contribution in [2.75, 3.05) is 0 Å². The molecule has 0 radical (unpaired) electrons. The number of alkyl halides is 3. The zero-order chi connectivity index (χ0) is 23.5. The molecule has 1 heterocycles. The van der Waals surface area contributed by atoms with Crippen LogP contribution in [0.3, 0.4) is 0 Å². The Balaban J connectivity index is 2.01. The van der Waals surface area contributed by atoms with Crippen LogP contribution in [0.15, 0.2) is 58.4 Å². The summed E-state index contributed by atoms with van der Waals surface area (Å²) >= 11 is 5.87. The maximum atomic E-state index is 13.1. The lowest BCUT2D eigenvalue weighted by molar-refractivity contribution is -0.137. The molecule has 3 aromatic rings. The number of hydrogen-bond donors (Lipinski definition) is 1. The van der Waals surface area contributed by atoms with Crippen molar-refractivity contribution in [1.29, 1.82) is 5.26 Å². The first kappa shape index (κ1) is 22.7. The Morgan fingerprint density at radius 3 is 2.62 bits per heavy atom. The predicted molar refractivity (Wildman–Crippen MR) is 111 cm³/mol. The summed E-state index contributed by atoms with van der Waals surface area (Å²) < 4.78 is 39.8. The second-order valence-corrected chi connectivity index (χ2v) is 6.92. The van der Waals surface area contributed by atoms with E-state index in [1.165, 1.54) is 19.2 Å². The van der Waals surface area contributed by atoms with Gasteiger partial charge in [-0.3, -0.25) is 9.59 Å². The number of benzene rings is 2. The molecule has 0 aliphatic carbocycles. The highest BCUT2D eigenvalue weighted by molar-refractivity contribution is 6.30. The van der Waals surface area contributed by atoms with Crippen molar-refractivity contribution in [3.05, 3.63) is 91.9 Å². The number of nitrogens with one attached hydrogen (secondary N) is 1. The molecule has 2 aromatic carbocycles. The predicted octanol–water partition coefficient (Wildman–Crippen LogP) is 3.85. The standard InChI is InChI=1S/C21H13ClF3N5O2/c1-12-17(10-26)20(32)30(16-7-3-5-14(9-16)21(23,24)25)29-18(12)19(31)28-27-11-13-4-2-6-15(22)8-13/h2-9,11H,1H3,(H,28,31)/b27-11+. The van der Waals surface area contributed by atoms with E-state index in [1.54, 1.807) is 30.3 Å². The van der Waals surface area contributed by atoms with E-state index in [0.717, 1.165) is 12.1 Å². The van der Waals surface area contributed by atoms with Crippen molar-refractivity contribution >= 4 is 23.7 Å². The van der Waals surface area contributed by atoms with Gasteiger partial charge in [0.05, 0.1) is 17.5 Å². The van der Waals surface area contributed by atoms with Gasteiger partial charge in [0, 0.05) is 10.6 Å². The number of nitriles is 1. The molecule has 0 saturated carbocycles. The molecule has 0 saturated heterocycles. The Hall–Kier alpha value is -3.97. The SMILES string of the molecule is Cc1c(C(=O)N/N=C/c2cccc(Cl)c2)nn(-c2cccc(C(F)(F)F)c2)c(=O)c1C#N. The molecule has 1 aromatic heterocycles. The summed E-state index contributed by atoms with van der Waals surface area (Å²) in [6.45, 7) is 1.33. The second kappa shape index (κ2) is 9.03. The Morgan fingerprint density at radius 1 is 1.25 bits per heavy atom. The second-order valence-electron chi connectivity index (χ2n) is 6.48. The first-order chi connectivity index (χ1) is 15.1. The lowest BCUT2D eigenvalue weighted by atomic mass is 10.1. The van der Waals surface area contributed by atoms with E-state index in [4.69, 9.17) is 11.6 Å². The van der Waals surface area contributed by atoms with Crippen LogP contribution in [-0.4, -0.2) is 21.9 Å². The topological polar surface area (TPSA) is 100 Å². The molecule has 0 fully saturated rings. The van der Waals surface area contributed by atoms with Gasteiger partial charge in [-0.2, -0.15) is 33.3 Å². The molecule has 11 heteroatoms. The average Bonchev–Trinajstić information content (AvgIpc) is 2.74. The maximum Gasteiger partial charge on any atom is 0.416 e. The number of hydrazone groups is 1. The molecule has 162 valence electrons. The van der Waals surface area contributed by atoms with E-state index in [-0.39, 0.29) is 16.9 Å². The van der Waals surface area contributed by atoms with E-state index in [2.05, 4.69) is 15.6 Å². The van der Waals surface area contributed by atoms with Crippen LogP contribution >= 0.6 is 11.6 Å². The van der Waals surface area contributed by atoms with E-state index in [9.17, 15) is 28.0 Å². The monoisotopic (exact) mass is 459 g/mol. The molecule has 32 heavy (non-hydrogen) atoms. The van der Waals surface area contributed by atoms with Crippen molar-refractivity contribution in [2.24, 2.45) is 5.10 Å². The highest BCUT2D eigenvalue weighted by atomic mass is 35.5. The molecule has 0 bridgehead atoms. The summed E-state index contributed by atoms with van der Waals surface area (Å²) in [5.74, 6) is -0.863. The molecule has 1 amide bonds. The molecule has 3 rings (SSSR count). The van der Waals surface area contributed by atoms with E-state index in [1.807, 2.05) is 0 Å². The zero-order valence-corrected chi connectivity index (χ0v) is 17.1. The van der Waals surface area contributed by atoms with Gasteiger partial charge >= 0.3 is 6.18 Å². The summed E-state index contributed by atoms with van der Waals surface area (Å²) in [5.41, 5.74) is -0.223. The van der Waals surface area contributed by atoms with Crippen LogP contribution in [0.2, 0.25) is 5.02 Å². The molecule has 7 nitrogen and oxygen atoms in total. The van der Waals surface area contributed by atoms with Crippen molar-refractivity contribution in [2.45, 2.75) is 13.1 Å². The van der Waals surface area contributed by atoms with E-state index < -0.39 is 28.8 Å². The van der Waals surface area contributed by atoms with Gasteiger partial charge in [-0.1, -0.05) is 29.8 Å². The fourth-order valence-corrected chi connectivity index (χ4v) is 2.95. The smallest absolute Gasteiger partial charge is 0.266 e. The highest BCUT2D eigenvalue weighted by Gasteiger charge is 2.31. The Morgan fingerprint density at radius 2 is 1.97 bits per heavy atom. The normalized spacial score (nSPS) is 11.4. The number of rotatable bonds is 4. The summed E-state index contributed by atoms with van der Waals surface area (Å²) in [7, 11) is 0. The number of aromatic nitrogens is 2. The summed E-state index contributed by atoms with van der Waals surface area (Å²) in [4.78, 5) is 25.2. The van der Waals surface area contributed by atoms with Gasteiger partial charge in [0.15, 0.2) is 5.69 Å². The number of carbonyl (C=O) groups excluding carboxylic acids is 1. The van der Waals surface area contributed by atoms with E-state index >= 15 is 0 Å². The number of carbonyl (C=O) groups is 1. The molecule has 0 atom stereocenters. The van der Waals surface area contributed by atoms with Crippen LogP contribution in [0.1, 0.15) is 32.7 Å². The third kappa shape index (κ3) is 4.84. The molecule has 1 N–H and O–H groups in total. The Kier molecular flexibility index (Phi) is 6.41. The summed E-state index contributed by atoms with van der Waals surface area (Å²) in [6.07, 6.45) is -3.34. The fraction of sp³-hybridized carbons (Fsp3) is 0.0952. The minimum Gasteiger partial charge on any atom is -0.266 e. The van der Waals surface area contributed by atoms with Crippen LogP contribution < -0.4 is 11.0 Å². The number of amides is 1. The third-order valence-corrected chi connectivity index (χ3v) is 4.54. The van der Waals surface area contributed by atoms with Crippen LogP contribution in [0.4, 0.5) is 13.2 Å². The lowest BCUT2D eigenvalue weighted by Crippen LogP contribution is -2.31. The van der Waals surface area contributed by atoms with Gasteiger partial charge in [0.1, 0.15) is 11.6 Å². The minimum absolute atomic E-state index is 0.0313. The van der Waals surface area contributed by atoms with Crippen LogP contribution in [0.25, 0.3) is 5.69 Å². The first-order valence-electron chi connectivity index (χ1n) is 8.92. The molecular formula is C21H13ClF3N5O2. The van der Waals surface area contributed by atoms with Crippen molar-refractivity contribution in [1.82, 2.24) is 15.2 Å². The van der Waals surface area contributed by atoms with Gasteiger partial charge in [-0.05, 0) is 42.8 Å². The number of nitrogens with zero attached hydrogens (tertiary/aromatic N) is 4. The van der Waals surface area contributed by atoms with Gasteiger partial charge in [0.25, 0.3) is 11.5 Å². The van der Waals surface area contributed by atoms with Gasteiger partial charge in [-0.15, -0.1) is 0 Å². The molecule has 0 unspecified atom stereocenters. The van der Waals surface area contributed by atoms with Crippen molar-refractivity contribution in [3.63, 3.8) is 0 Å². The largest absolute Gasteiger partial charge is 0.416 e. The van der Waals surface area contributed by atoms with Gasteiger partial charge in [0.2, 0.25) is 0 Å². The van der Waals surface area contributed by atoms with E-state index in [0.29, 0.717) is 21.3 Å². The van der Waals surface area contributed by atoms with Crippen molar-refractivity contribution in [3.8, 4) is 11.8 Å². The van der Waals surface area contributed by atoms with Gasteiger partial charge < -0.3 is 0 Å². The highest BCUT2D eigenvalue weighted by Crippen LogP contribution is 2.30. The van der Waals surface area contributed by atoms with Crippen LogP contribution in [0.5, 0.6) is 0 Å². The summed E-state index contributed by atoms with van der Waals surface area (Å²) in [6, 6.07) is 12.1. The number of halogens is 4. The first-order valence-corrected chi connectivity index (χ1v) is 9.30. The fourth-order valence-electron chi connectivity index (χ4n) is 2.75. The molecular weight excluding hydrogens is 447 g/mol. The lowest BCUT2D eigenvalue weighted by Gasteiger charge is -2.12. The Bertz CT molecular complexity index is 1330. The zero-order valence-electron chi connectivity index (χ0n) is 16.3. The minimum atomic E-state index is -4.66. The van der Waals surface area contributed by atoms with Crippen LogP contribution in [-0.2, 0) is 6.18 Å². The summed E-state index contributed by atoms with van der Waals surface area (Å²) in [5, 5.41) is 17.5. The van der Waals surface area contributed by atoms with Gasteiger partial charge in [-0.25, -0.2) is 5.43 Å². The number of hydrogen-bond acceptors (Lipinski definition) is 5. The Labute approximate surface area is 184 Å². The van der Waals surface area contributed by atoms with Crippen LogP contribution in [0, 0.1) is 18.3 Å². The van der Waals surface area contributed by atoms with Crippen molar-refractivity contribution < 1.29 is 18.0 Å². The average molecular weight is 460 g/mol. The molecule has 0 spiro atoms. The maximum absolute atomic E-state index is 13.1. The third-order valence-electron chi connectivity index (χ3n) is 4.31. The molecule has 0 aliphatic heterocycles.